The van der Waals surface area contributed by atoms with Gasteiger partial charge < -0.3 is 15.8 Å². The lowest BCUT2D eigenvalue weighted by atomic mass is 10.1. The third-order valence-corrected chi connectivity index (χ3v) is 1.93. The van der Waals surface area contributed by atoms with Crippen molar-refractivity contribution in [1.82, 2.24) is 5.32 Å². The van der Waals surface area contributed by atoms with Gasteiger partial charge in [-0.05, 0) is 25.8 Å². The highest BCUT2D eigenvalue weighted by atomic mass is 16.5. The standard InChI is InChI=1S/C9H22N2O/c1-8(7-12-3)4-5-11-9(2)6-10/h8-9,11H,4-7,10H2,1-3H3. The van der Waals surface area contributed by atoms with E-state index in [1.807, 2.05) is 0 Å². The van der Waals surface area contributed by atoms with Crippen LogP contribution < -0.4 is 11.1 Å². The second kappa shape index (κ2) is 7.53. The molecule has 0 aliphatic heterocycles. The van der Waals surface area contributed by atoms with E-state index in [0.29, 0.717) is 18.5 Å². The maximum absolute atomic E-state index is 5.46. The minimum Gasteiger partial charge on any atom is -0.384 e. The van der Waals surface area contributed by atoms with Crippen LogP contribution in [-0.2, 0) is 4.74 Å². The topological polar surface area (TPSA) is 47.3 Å². The van der Waals surface area contributed by atoms with Gasteiger partial charge in [-0.1, -0.05) is 6.92 Å². The highest BCUT2D eigenvalue weighted by molar-refractivity contribution is 4.62. The van der Waals surface area contributed by atoms with Crippen LogP contribution >= 0.6 is 0 Å². The first-order chi connectivity index (χ1) is 5.70. The van der Waals surface area contributed by atoms with Gasteiger partial charge in [0.1, 0.15) is 0 Å². The molecule has 0 rings (SSSR count). The first kappa shape index (κ1) is 11.9. The summed E-state index contributed by atoms with van der Waals surface area (Å²) >= 11 is 0. The fourth-order valence-electron chi connectivity index (χ4n) is 1.03. The SMILES string of the molecule is COCC(C)CCNC(C)CN. The number of ether oxygens (including phenoxy) is 1. The molecule has 0 spiro atoms. The monoisotopic (exact) mass is 174 g/mol. The van der Waals surface area contributed by atoms with Gasteiger partial charge in [0.2, 0.25) is 0 Å². The lowest BCUT2D eigenvalue weighted by Gasteiger charge is -2.14. The molecule has 0 bridgehead atoms. The predicted molar refractivity (Wildman–Crippen MR) is 52.2 cm³/mol. The summed E-state index contributed by atoms with van der Waals surface area (Å²) in [6.07, 6.45) is 1.15. The summed E-state index contributed by atoms with van der Waals surface area (Å²) in [5.41, 5.74) is 5.46. The van der Waals surface area contributed by atoms with Crippen molar-refractivity contribution in [2.45, 2.75) is 26.3 Å². The van der Waals surface area contributed by atoms with Crippen molar-refractivity contribution in [1.29, 1.82) is 0 Å². The molecule has 0 saturated heterocycles. The van der Waals surface area contributed by atoms with Crippen molar-refractivity contribution < 1.29 is 4.74 Å². The number of methoxy groups -OCH3 is 1. The third-order valence-electron chi connectivity index (χ3n) is 1.93. The van der Waals surface area contributed by atoms with Crippen molar-refractivity contribution in [2.75, 3.05) is 26.8 Å². The van der Waals surface area contributed by atoms with Gasteiger partial charge in [0, 0.05) is 26.3 Å². The Morgan fingerprint density at radius 2 is 2.08 bits per heavy atom. The molecule has 0 aliphatic carbocycles. The second-order valence-electron chi connectivity index (χ2n) is 3.44. The Hall–Kier alpha value is -0.120. The van der Waals surface area contributed by atoms with Gasteiger partial charge in [-0.15, -0.1) is 0 Å². The molecule has 0 saturated carbocycles. The minimum absolute atomic E-state index is 0.430. The molecule has 3 nitrogen and oxygen atoms in total. The number of rotatable bonds is 7. The molecule has 0 heterocycles. The Balaban J connectivity index is 3.18. The number of nitrogens with one attached hydrogen (secondary N) is 1. The molecule has 0 aromatic rings. The average molecular weight is 174 g/mol. The van der Waals surface area contributed by atoms with E-state index in [0.717, 1.165) is 19.6 Å². The second-order valence-corrected chi connectivity index (χ2v) is 3.44. The molecule has 74 valence electrons. The first-order valence-electron chi connectivity index (χ1n) is 4.63. The maximum Gasteiger partial charge on any atom is 0.0488 e. The van der Waals surface area contributed by atoms with Gasteiger partial charge in [0.25, 0.3) is 0 Å². The van der Waals surface area contributed by atoms with E-state index in [2.05, 4.69) is 19.2 Å². The van der Waals surface area contributed by atoms with Crippen molar-refractivity contribution in [3.63, 3.8) is 0 Å². The molecule has 2 atom stereocenters. The van der Waals surface area contributed by atoms with Gasteiger partial charge in [0.15, 0.2) is 0 Å². The van der Waals surface area contributed by atoms with Crippen LogP contribution in [0, 0.1) is 5.92 Å². The van der Waals surface area contributed by atoms with Crippen LogP contribution in [0.25, 0.3) is 0 Å². The van der Waals surface area contributed by atoms with Gasteiger partial charge >= 0.3 is 0 Å². The Bertz CT molecular complexity index is 98.5. The van der Waals surface area contributed by atoms with Gasteiger partial charge in [-0.25, -0.2) is 0 Å². The molecular formula is C9H22N2O. The van der Waals surface area contributed by atoms with E-state index in [4.69, 9.17) is 10.5 Å². The fraction of sp³-hybridized carbons (Fsp3) is 1.00. The smallest absolute Gasteiger partial charge is 0.0488 e. The zero-order valence-electron chi connectivity index (χ0n) is 8.47. The van der Waals surface area contributed by atoms with Gasteiger partial charge in [0.05, 0.1) is 0 Å². The van der Waals surface area contributed by atoms with Crippen LogP contribution in [0.4, 0.5) is 0 Å². The van der Waals surface area contributed by atoms with Crippen LogP contribution in [0.2, 0.25) is 0 Å². The van der Waals surface area contributed by atoms with E-state index < -0.39 is 0 Å². The molecule has 3 N–H and O–H groups in total. The molecule has 0 amide bonds. The minimum atomic E-state index is 0.430. The van der Waals surface area contributed by atoms with Crippen LogP contribution in [0.1, 0.15) is 20.3 Å². The Morgan fingerprint density at radius 1 is 1.42 bits per heavy atom. The molecular weight excluding hydrogens is 152 g/mol. The van der Waals surface area contributed by atoms with Crippen LogP contribution in [0.5, 0.6) is 0 Å². The largest absolute Gasteiger partial charge is 0.384 e. The summed E-state index contributed by atoms with van der Waals surface area (Å²) in [4.78, 5) is 0. The Morgan fingerprint density at radius 3 is 2.58 bits per heavy atom. The molecule has 0 aromatic carbocycles. The Kier molecular flexibility index (Phi) is 7.45. The van der Waals surface area contributed by atoms with Crippen LogP contribution in [-0.4, -0.2) is 32.8 Å². The summed E-state index contributed by atoms with van der Waals surface area (Å²) in [6.45, 7) is 6.87. The number of hydrogen-bond acceptors (Lipinski definition) is 3. The van der Waals surface area contributed by atoms with Gasteiger partial charge in [-0.2, -0.15) is 0 Å². The average Bonchev–Trinajstić information content (AvgIpc) is 2.04. The summed E-state index contributed by atoms with van der Waals surface area (Å²) in [5.74, 6) is 0.632. The van der Waals surface area contributed by atoms with Crippen molar-refractivity contribution in [2.24, 2.45) is 11.7 Å². The molecule has 0 radical (unpaired) electrons. The highest BCUT2D eigenvalue weighted by Gasteiger charge is 2.02. The van der Waals surface area contributed by atoms with Crippen LogP contribution in [0.15, 0.2) is 0 Å². The molecule has 3 heteroatoms. The van der Waals surface area contributed by atoms with E-state index in [1.54, 1.807) is 7.11 Å². The summed E-state index contributed by atoms with van der Waals surface area (Å²) in [5, 5.41) is 3.34. The van der Waals surface area contributed by atoms with Gasteiger partial charge in [-0.3, -0.25) is 0 Å². The van der Waals surface area contributed by atoms with Crippen LogP contribution in [0.3, 0.4) is 0 Å². The molecule has 0 fully saturated rings. The zero-order valence-corrected chi connectivity index (χ0v) is 8.47. The Labute approximate surface area is 75.7 Å². The third kappa shape index (κ3) is 6.58. The van der Waals surface area contributed by atoms with E-state index in [1.165, 1.54) is 0 Å². The van der Waals surface area contributed by atoms with E-state index in [9.17, 15) is 0 Å². The van der Waals surface area contributed by atoms with Crippen molar-refractivity contribution >= 4 is 0 Å². The summed E-state index contributed by atoms with van der Waals surface area (Å²) < 4.78 is 5.04. The fourth-order valence-corrected chi connectivity index (χ4v) is 1.03. The predicted octanol–water partition coefficient (Wildman–Crippen LogP) is 0.596. The lowest BCUT2D eigenvalue weighted by molar-refractivity contribution is 0.155. The lowest BCUT2D eigenvalue weighted by Crippen LogP contribution is -2.34. The zero-order chi connectivity index (χ0) is 9.40. The normalized spacial score (nSPS) is 16.0. The quantitative estimate of drug-likeness (QED) is 0.594. The van der Waals surface area contributed by atoms with Crippen molar-refractivity contribution in [3.05, 3.63) is 0 Å². The summed E-state index contributed by atoms with van der Waals surface area (Å²) in [7, 11) is 1.74. The van der Waals surface area contributed by atoms with E-state index >= 15 is 0 Å². The summed E-state index contributed by atoms with van der Waals surface area (Å²) in [6, 6.07) is 0.430. The molecule has 12 heavy (non-hydrogen) atoms. The van der Waals surface area contributed by atoms with Crippen molar-refractivity contribution in [3.8, 4) is 0 Å². The molecule has 2 unspecified atom stereocenters. The first-order valence-corrected chi connectivity index (χ1v) is 4.63. The van der Waals surface area contributed by atoms with E-state index in [-0.39, 0.29) is 0 Å². The number of nitrogens with two attached hydrogens (primary N) is 1. The maximum atomic E-state index is 5.46. The molecule has 0 aliphatic rings. The number of hydrogen-bond donors (Lipinski definition) is 2. The molecule has 0 aromatic heterocycles. The highest BCUT2D eigenvalue weighted by Crippen LogP contribution is 1.99.